The van der Waals surface area contributed by atoms with E-state index in [-0.39, 0.29) is 11.5 Å². The van der Waals surface area contributed by atoms with E-state index in [0.717, 1.165) is 12.8 Å². The minimum atomic E-state index is -3.34. The van der Waals surface area contributed by atoms with Crippen molar-refractivity contribution in [3.05, 3.63) is 35.4 Å². The van der Waals surface area contributed by atoms with Crippen molar-refractivity contribution >= 4 is 11.8 Å². The summed E-state index contributed by atoms with van der Waals surface area (Å²) in [7, 11) is 0. The second-order valence-electron chi connectivity index (χ2n) is 6.64. The van der Waals surface area contributed by atoms with Gasteiger partial charge in [0, 0.05) is 30.3 Å². The highest BCUT2D eigenvalue weighted by Gasteiger charge is 2.46. The number of amides is 2. The van der Waals surface area contributed by atoms with E-state index in [0.29, 0.717) is 25.7 Å². The Labute approximate surface area is 161 Å². The summed E-state index contributed by atoms with van der Waals surface area (Å²) in [6.07, 6.45) is -1.60. The molecule has 28 heavy (non-hydrogen) atoms. The van der Waals surface area contributed by atoms with Gasteiger partial charge in [-0.25, -0.2) is 14.3 Å². The first-order chi connectivity index (χ1) is 13.3. The van der Waals surface area contributed by atoms with Crippen molar-refractivity contribution in [2.24, 2.45) is 5.92 Å². The predicted molar refractivity (Wildman–Crippen MR) is 94.7 cm³/mol. The van der Waals surface area contributed by atoms with Crippen LogP contribution in [0.25, 0.3) is 0 Å². The standard InChI is InChI=1S/C19H22F2N2O5/c1-19(26,18(20)21)15(17(25)23-27)22-16(24)14-6-4-12(5-7-14)2-3-13-8-10-28-11-9-13/h4-7,13,15,18,26-27H,8-11H2,1H3,(H,22,24)(H,23,25)/t15-,19?/m1/s1. The predicted octanol–water partition coefficient (Wildman–Crippen LogP) is 1.08. The fourth-order valence-electron chi connectivity index (χ4n) is 2.61. The third-order valence-electron chi connectivity index (χ3n) is 4.46. The Morgan fingerprint density at radius 1 is 1.25 bits per heavy atom. The van der Waals surface area contributed by atoms with Crippen LogP contribution in [0.5, 0.6) is 0 Å². The lowest BCUT2D eigenvalue weighted by Gasteiger charge is -2.30. The molecular formula is C19H22F2N2O5. The average molecular weight is 396 g/mol. The number of hydrogen-bond acceptors (Lipinski definition) is 5. The number of aliphatic hydroxyl groups is 1. The molecule has 9 heteroatoms. The number of carbonyl (C=O) groups is 2. The van der Waals surface area contributed by atoms with E-state index in [1.54, 1.807) is 12.1 Å². The maximum Gasteiger partial charge on any atom is 0.269 e. The van der Waals surface area contributed by atoms with Gasteiger partial charge in [-0.1, -0.05) is 11.8 Å². The van der Waals surface area contributed by atoms with Crippen LogP contribution in [0.15, 0.2) is 24.3 Å². The molecule has 0 aromatic heterocycles. The smallest absolute Gasteiger partial charge is 0.269 e. The largest absolute Gasteiger partial charge is 0.381 e. The minimum Gasteiger partial charge on any atom is -0.381 e. The molecule has 1 aromatic carbocycles. The summed E-state index contributed by atoms with van der Waals surface area (Å²) in [5.74, 6) is 4.19. The molecule has 2 atom stereocenters. The van der Waals surface area contributed by atoms with Gasteiger partial charge in [0.2, 0.25) is 0 Å². The molecule has 0 spiro atoms. The molecule has 0 bridgehead atoms. The number of halogens is 2. The second-order valence-corrected chi connectivity index (χ2v) is 6.64. The molecule has 0 aliphatic carbocycles. The highest BCUT2D eigenvalue weighted by molar-refractivity contribution is 5.97. The molecule has 0 saturated carbocycles. The van der Waals surface area contributed by atoms with Gasteiger partial charge >= 0.3 is 0 Å². The van der Waals surface area contributed by atoms with E-state index in [1.807, 2.05) is 5.32 Å². The Kier molecular flexibility index (Phi) is 7.45. The maximum absolute atomic E-state index is 13.0. The molecule has 0 radical (unpaired) electrons. The zero-order valence-electron chi connectivity index (χ0n) is 15.2. The Hall–Kier alpha value is -2.54. The molecule has 7 nitrogen and oxygen atoms in total. The van der Waals surface area contributed by atoms with Gasteiger partial charge in [-0.2, -0.15) is 0 Å². The average Bonchev–Trinajstić information content (AvgIpc) is 2.70. The number of nitrogens with one attached hydrogen (secondary N) is 2. The first-order valence-corrected chi connectivity index (χ1v) is 8.70. The fourth-order valence-corrected chi connectivity index (χ4v) is 2.61. The fraction of sp³-hybridized carbons (Fsp3) is 0.474. The molecular weight excluding hydrogens is 374 g/mol. The van der Waals surface area contributed by atoms with Gasteiger partial charge in [0.1, 0.15) is 6.04 Å². The maximum atomic E-state index is 13.0. The molecule has 1 saturated heterocycles. The van der Waals surface area contributed by atoms with E-state index in [9.17, 15) is 23.5 Å². The topological polar surface area (TPSA) is 108 Å². The van der Waals surface area contributed by atoms with Crippen molar-refractivity contribution in [1.82, 2.24) is 10.8 Å². The normalized spacial score (nSPS) is 17.8. The molecule has 1 aliphatic rings. The summed E-state index contributed by atoms with van der Waals surface area (Å²) in [6, 6.07) is 3.97. The van der Waals surface area contributed by atoms with Crippen LogP contribution in [0.3, 0.4) is 0 Å². The number of hydroxylamine groups is 1. The van der Waals surface area contributed by atoms with Gasteiger partial charge in [0.15, 0.2) is 5.60 Å². The van der Waals surface area contributed by atoms with E-state index < -0.39 is 29.9 Å². The summed E-state index contributed by atoms with van der Waals surface area (Å²) in [5, 5.41) is 20.5. The molecule has 1 fully saturated rings. The van der Waals surface area contributed by atoms with E-state index in [4.69, 9.17) is 9.94 Å². The number of hydrogen-bond donors (Lipinski definition) is 4. The third-order valence-corrected chi connectivity index (χ3v) is 4.46. The lowest BCUT2D eigenvalue weighted by molar-refractivity contribution is -0.149. The Morgan fingerprint density at radius 2 is 1.86 bits per heavy atom. The molecule has 2 amide bonds. The van der Waals surface area contributed by atoms with E-state index in [2.05, 4.69) is 11.8 Å². The Balaban J connectivity index is 2.08. The summed E-state index contributed by atoms with van der Waals surface area (Å²) >= 11 is 0. The van der Waals surface area contributed by atoms with Crippen LogP contribution in [0.2, 0.25) is 0 Å². The van der Waals surface area contributed by atoms with Crippen LogP contribution in [-0.2, 0) is 9.53 Å². The van der Waals surface area contributed by atoms with E-state index in [1.165, 1.54) is 17.6 Å². The first kappa shape index (κ1) is 21.8. The van der Waals surface area contributed by atoms with Crippen LogP contribution in [0, 0.1) is 17.8 Å². The third kappa shape index (κ3) is 5.48. The van der Waals surface area contributed by atoms with Crippen molar-refractivity contribution in [2.75, 3.05) is 13.2 Å². The first-order valence-electron chi connectivity index (χ1n) is 8.70. The number of alkyl halides is 2. The molecule has 1 aromatic rings. The summed E-state index contributed by atoms with van der Waals surface area (Å²) < 4.78 is 31.3. The molecule has 152 valence electrons. The number of rotatable bonds is 5. The van der Waals surface area contributed by atoms with Crippen LogP contribution >= 0.6 is 0 Å². The van der Waals surface area contributed by atoms with Crippen molar-refractivity contribution in [3.63, 3.8) is 0 Å². The van der Waals surface area contributed by atoms with Crippen LogP contribution in [-0.4, -0.2) is 53.4 Å². The van der Waals surface area contributed by atoms with Crippen LogP contribution in [0.4, 0.5) is 8.78 Å². The second kappa shape index (κ2) is 9.59. The quantitative estimate of drug-likeness (QED) is 0.339. The number of ether oxygens (including phenoxy) is 1. The van der Waals surface area contributed by atoms with Gasteiger partial charge in [-0.3, -0.25) is 14.8 Å². The molecule has 1 aliphatic heterocycles. The highest BCUT2D eigenvalue weighted by Crippen LogP contribution is 2.20. The van der Waals surface area contributed by atoms with Gasteiger partial charge in [-0.05, 0) is 44.0 Å². The summed E-state index contributed by atoms with van der Waals surface area (Å²) in [6.45, 7) is 2.06. The Bertz CT molecular complexity index is 750. The zero-order valence-corrected chi connectivity index (χ0v) is 15.2. The Morgan fingerprint density at radius 3 is 2.39 bits per heavy atom. The summed E-state index contributed by atoms with van der Waals surface area (Å²) in [5.41, 5.74) is -0.957. The number of carbonyl (C=O) groups excluding carboxylic acids is 2. The SMILES string of the molecule is CC(O)(C(F)F)[C@H](NC(=O)c1ccc(C#CC2CCOCC2)cc1)C(=O)NO. The molecule has 4 N–H and O–H groups in total. The van der Waals surface area contributed by atoms with Crippen molar-refractivity contribution in [2.45, 2.75) is 37.8 Å². The molecule has 1 unspecified atom stereocenters. The van der Waals surface area contributed by atoms with Gasteiger partial charge < -0.3 is 15.2 Å². The lowest BCUT2D eigenvalue weighted by atomic mass is 9.95. The monoisotopic (exact) mass is 396 g/mol. The van der Waals surface area contributed by atoms with E-state index >= 15 is 0 Å². The molecule has 1 heterocycles. The van der Waals surface area contributed by atoms with Crippen LogP contribution in [0.1, 0.15) is 35.7 Å². The lowest BCUT2D eigenvalue weighted by Crippen LogP contribution is -2.61. The minimum absolute atomic E-state index is 0.0809. The van der Waals surface area contributed by atoms with Crippen LogP contribution < -0.4 is 10.8 Å². The van der Waals surface area contributed by atoms with Crippen molar-refractivity contribution < 1.29 is 33.4 Å². The van der Waals surface area contributed by atoms with Gasteiger partial charge in [0.05, 0.1) is 0 Å². The zero-order chi connectivity index (χ0) is 20.7. The van der Waals surface area contributed by atoms with Gasteiger partial charge in [-0.15, -0.1) is 0 Å². The van der Waals surface area contributed by atoms with Crippen molar-refractivity contribution in [3.8, 4) is 11.8 Å². The summed E-state index contributed by atoms with van der Waals surface area (Å²) in [4.78, 5) is 23.9. The van der Waals surface area contributed by atoms with Gasteiger partial charge in [0.25, 0.3) is 18.2 Å². The highest BCUT2D eigenvalue weighted by atomic mass is 19.3. The molecule has 2 rings (SSSR count). The number of benzene rings is 1. The van der Waals surface area contributed by atoms with Crippen molar-refractivity contribution in [1.29, 1.82) is 0 Å².